The number of nitrogens with zero attached hydrogens (tertiary/aromatic N) is 1. The van der Waals surface area contributed by atoms with E-state index in [-0.39, 0.29) is 0 Å². The molecule has 2 aliphatic rings. The molecule has 0 spiro atoms. The van der Waals surface area contributed by atoms with Gasteiger partial charge in [-0.25, -0.2) is 8.42 Å². The molecule has 0 amide bonds. The van der Waals surface area contributed by atoms with E-state index in [9.17, 15) is 8.42 Å². The molecule has 2 heterocycles. The van der Waals surface area contributed by atoms with E-state index in [1.165, 1.54) is 11.4 Å². The van der Waals surface area contributed by atoms with Gasteiger partial charge >= 0.3 is 0 Å². The molecule has 2 fully saturated rings. The number of ether oxygens (including phenoxy) is 1. The van der Waals surface area contributed by atoms with E-state index in [1.807, 2.05) is 26.0 Å². The Morgan fingerprint density at radius 2 is 1.86 bits per heavy atom. The number of hydrogen-bond acceptors (Lipinski definition) is 3. The van der Waals surface area contributed by atoms with E-state index < -0.39 is 10.0 Å². The summed E-state index contributed by atoms with van der Waals surface area (Å²) in [5.41, 5.74) is 1.81. The summed E-state index contributed by atoms with van der Waals surface area (Å²) < 4.78 is 33.9. The van der Waals surface area contributed by atoms with Crippen LogP contribution in [-0.2, 0) is 14.8 Å². The molecule has 0 aromatic heterocycles. The van der Waals surface area contributed by atoms with E-state index in [1.54, 1.807) is 15.3 Å². The maximum absolute atomic E-state index is 13.1. The van der Waals surface area contributed by atoms with E-state index >= 15 is 0 Å². The van der Waals surface area contributed by atoms with Gasteiger partial charge < -0.3 is 14.5 Å². The molecule has 28 heavy (non-hydrogen) atoms. The molecule has 2 saturated heterocycles. The van der Waals surface area contributed by atoms with Gasteiger partial charge in [-0.2, -0.15) is 4.31 Å². The first-order chi connectivity index (χ1) is 13.3. The summed E-state index contributed by atoms with van der Waals surface area (Å²) in [6.45, 7) is 16.4. The van der Waals surface area contributed by atoms with Crippen molar-refractivity contribution in [2.24, 2.45) is 5.92 Å². The average molecular weight is 412 g/mol. The van der Waals surface area contributed by atoms with Crippen molar-refractivity contribution in [2.45, 2.75) is 38.7 Å². The van der Waals surface area contributed by atoms with E-state index in [4.69, 9.17) is 4.74 Å². The Balaban J connectivity index is 1.55. The van der Waals surface area contributed by atoms with Crippen molar-refractivity contribution < 1.29 is 23.0 Å². The molecule has 7 heteroatoms. The van der Waals surface area contributed by atoms with Crippen molar-refractivity contribution in [2.75, 3.05) is 59.0 Å². The summed E-state index contributed by atoms with van der Waals surface area (Å²) in [7, 11) is -3.41. The van der Waals surface area contributed by atoms with Gasteiger partial charge in [-0.1, -0.05) is 26.0 Å². The number of rotatable bonds is 6. The highest BCUT2D eigenvalue weighted by atomic mass is 32.2. The van der Waals surface area contributed by atoms with Gasteiger partial charge in [-0.05, 0) is 31.0 Å². The third kappa shape index (κ3) is 5.33. The summed E-state index contributed by atoms with van der Waals surface area (Å²) in [5, 5.41) is 0. The van der Waals surface area contributed by atoms with Gasteiger partial charge in [0.05, 0.1) is 44.2 Å². The second-order valence-corrected chi connectivity index (χ2v) is 10.8. The normalized spacial score (nSPS) is 25.3. The van der Waals surface area contributed by atoms with Crippen LogP contribution in [0.1, 0.15) is 25.0 Å². The topological polar surface area (TPSA) is 55.5 Å². The predicted molar refractivity (Wildman–Crippen MR) is 110 cm³/mol. The Morgan fingerprint density at radius 3 is 2.54 bits per heavy atom. The number of quaternary nitrogens is 2. The van der Waals surface area contributed by atoms with Gasteiger partial charge in [0.25, 0.3) is 0 Å². The summed E-state index contributed by atoms with van der Waals surface area (Å²) in [4.78, 5) is 3.56. The lowest BCUT2D eigenvalue weighted by molar-refractivity contribution is -0.935. The van der Waals surface area contributed by atoms with Gasteiger partial charge in [-0.15, -0.1) is 0 Å². The van der Waals surface area contributed by atoms with Crippen molar-refractivity contribution in [1.82, 2.24) is 4.31 Å². The molecule has 1 aromatic rings. The van der Waals surface area contributed by atoms with E-state index in [0.717, 1.165) is 50.5 Å². The molecule has 0 bridgehead atoms. The van der Waals surface area contributed by atoms with Crippen LogP contribution < -0.4 is 9.80 Å². The minimum Gasteiger partial charge on any atom is -0.361 e. The fraction of sp³-hybridized carbons (Fsp3) is 0.714. The van der Waals surface area contributed by atoms with Crippen LogP contribution in [0.15, 0.2) is 23.1 Å². The quantitative estimate of drug-likeness (QED) is 0.640. The largest absolute Gasteiger partial charge is 0.361 e. The Labute approximate surface area is 170 Å². The summed E-state index contributed by atoms with van der Waals surface area (Å²) in [5.74, 6) is 0.708. The summed E-state index contributed by atoms with van der Waals surface area (Å²) >= 11 is 0. The molecule has 2 N–H and O–H groups in total. The van der Waals surface area contributed by atoms with Crippen LogP contribution in [0.3, 0.4) is 0 Å². The predicted octanol–water partition coefficient (Wildman–Crippen LogP) is -0.868. The van der Waals surface area contributed by atoms with Crippen LogP contribution in [-0.4, -0.2) is 77.8 Å². The first kappa shape index (κ1) is 21.7. The molecule has 0 saturated carbocycles. The number of nitrogens with one attached hydrogen (secondary N) is 2. The van der Waals surface area contributed by atoms with Gasteiger partial charge in [0.2, 0.25) is 10.0 Å². The Bertz CT molecular complexity index is 758. The third-order valence-electron chi connectivity index (χ3n) is 5.93. The lowest BCUT2D eigenvalue weighted by atomic mass is 10.1. The zero-order valence-electron chi connectivity index (χ0n) is 17.8. The van der Waals surface area contributed by atoms with Crippen LogP contribution >= 0.6 is 0 Å². The molecule has 1 unspecified atom stereocenters. The maximum atomic E-state index is 13.1. The van der Waals surface area contributed by atoms with Crippen LogP contribution in [0.4, 0.5) is 0 Å². The molecule has 1 aromatic carbocycles. The standard InChI is InChI=1S/C21H35N3O3S/c1-17(2)14-23-11-12-27-20(16-23)15-22-7-9-24(10-8-22)28(25,26)21-13-18(3)5-6-19(21)4/h5-6,13,17,20H,7-12,14-16H2,1-4H3/p+2/t20-/m1/s1. The zero-order valence-corrected chi connectivity index (χ0v) is 18.6. The highest BCUT2D eigenvalue weighted by molar-refractivity contribution is 7.89. The summed E-state index contributed by atoms with van der Waals surface area (Å²) in [6, 6.07) is 5.66. The van der Waals surface area contributed by atoms with Gasteiger partial charge in [0.15, 0.2) is 6.10 Å². The van der Waals surface area contributed by atoms with Crippen LogP contribution in [0.2, 0.25) is 0 Å². The zero-order chi connectivity index (χ0) is 20.3. The van der Waals surface area contributed by atoms with Crippen molar-refractivity contribution in [3.8, 4) is 0 Å². The lowest BCUT2D eigenvalue weighted by Gasteiger charge is -2.36. The SMILES string of the molecule is Cc1ccc(C)c(S(=O)(=O)N2CC[NH+](C[C@@H]3C[NH+](CC(C)C)CCO3)CC2)c1. The van der Waals surface area contributed by atoms with Gasteiger partial charge in [0, 0.05) is 5.92 Å². The molecule has 0 aliphatic carbocycles. The number of piperazine rings is 1. The number of hydrogen-bond donors (Lipinski definition) is 2. The molecular formula is C21H37N3O3S+2. The molecule has 2 aliphatic heterocycles. The summed E-state index contributed by atoms with van der Waals surface area (Å²) in [6.07, 6.45) is 0.291. The molecule has 2 atom stereocenters. The molecule has 0 radical (unpaired) electrons. The molecule has 158 valence electrons. The van der Waals surface area contributed by atoms with Crippen LogP contribution in [0.5, 0.6) is 0 Å². The molecule has 3 rings (SSSR count). The van der Waals surface area contributed by atoms with Gasteiger partial charge in [-0.3, -0.25) is 0 Å². The maximum Gasteiger partial charge on any atom is 0.243 e. The van der Waals surface area contributed by atoms with Crippen molar-refractivity contribution >= 4 is 10.0 Å². The second-order valence-electron chi connectivity index (χ2n) is 8.92. The smallest absolute Gasteiger partial charge is 0.243 e. The number of morpholine rings is 1. The van der Waals surface area contributed by atoms with Crippen molar-refractivity contribution in [3.63, 3.8) is 0 Å². The number of aryl methyl sites for hydroxylation is 2. The molecular weight excluding hydrogens is 374 g/mol. The van der Waals surface area contributed by atoms with Crippen LogP contribution in [0, 0.1) is 19.8 Å². The minimum absolute atomic E-state index is 0.291. The highest BCUT2D eigenvalue weighted by Gasteiger charge is 2.34. The number of sulfonamides is 1. The number of benzene rings is 1. The monoisotopic (exact) mass is 411 g/mol. The molecule has 6 nitrogen and oxygen atoms in total. The highest BCUT2D eigenvalue weighted by Crippen LogP contribution is 2.21. The fourth-order valence-electron chi connectivity index (χ4n) is 4.44. The first-order valence-corrected chi connectivity index (χ1v) is 12.1. The second kappa shape index (κ2) is 9.22. The Kier molecular flexibility index (Phi) is 7.15. The third-order valence-corrected chi connectivity index (χ3v) is 7.97. The lowest BCUT2D eigenvalue weighted by Crippen LogP contribution is -3.19. The van der Waals surface area contributed by atoms with E-state index in [0.29, 0.717) is 30.0 Å². The first-order valence-electron chi connectivity index (χ1n) is 10.6. The Hall–Kier alpha value is -0.990. The van der Waals surface area contributed by atoms with Crippen molar-refractivity contribution in [1.29, 1.82) is 0 Å². The Morgan fingerprint density at radius 1 is 1.14 bits per heavy atom. The van der Waals surface area contributed by atoms with Gasteiger partial charge in [0.1, 0.15) is 19.6 Å². The van der Waals surface area contributed by atoms with Crippen LogP contribution in [0.25, 0.3) is 0 Å². The minimum atomic E-state index is -3.41. The average Bonchev–Trinajstić information content (AvgIpc) is 2.64. The fourth-order valence-corrected chi connectivity index (χ4v) is 6.19. The van der Waals surface area contributed by atoms with Crippen molar-refractivity contribution in [3.05, 3.63) is 29.3 Å². The van der Waals surface area contributed by atoms with E-state index in [2.05, 4.69) is 13.8 Å².